The van der Waals surface area contributed by atoms with Crippen molar-refractivity contribution in [1.82, 2.24) is 4.90 Å². The first-order valence-corrected chi connectivity index (χ1v) is 4.99. The van der Waals surface area contributed by atoms with Gasteiger partial charge in [0.15, 0.2) is 0 Å². The fourth-order valence-electron chi connectivity index (χ4n) is 1.43. The van der Waals surface area contributed by atoms with Crippen molar-refractivity contribution >= 4 is 0 Å². The predicted octanol–water partition coefficient (Wildman–Crippen LogP) is 2.65. The van der Waals surface area contributed by atoms with Gasteiger partial charge in [0.05, 0.1) is 6.54 Å². The van der Waals surface area contributed by atoms with Crippen LogP contribution in [0.3, 0.4) is 0 Å². The maximum absolute atomic E-state index is 14.0. The normalized spacial score (nSPS) is 14.6. The molecule has 0 unspecified atom stereocenters. The Kier molecular flexibility index (Phi) is 4.33. The van der Waals surface area contributed by atoms with Crippen molar-refractivity contribution in [3.8, 4) is 12.3 Å². The van der Waals surface area contributed by atoms with Gasteiger partial charge in [-0.3, -0.25) is 4.90 Å². The standard InChI is InChI=1S/C13H16FN/c1-4-10-15(3)11(2)13(14)12-8-6-5-7-9-12/h1,5-9,11,13H,10H2,2-3H3/t11-,13-/m1/s1/i14-1. The molecule has 0 fully saturated rings. The van der Waals surface area contributed by atoms with Crippen LogP contribution in [-0.4, -0.2) is 24.5 Å². The molecule has 0 aliphatic carbocycles. The number of likely N-dealkylation sites (N-methyl/N-ethyl adjacent to an activating group) is 1. The first kappa shape index (κ1) is 11.7. The molecule has 1 aromatic carbocycles. The minimum absolute atomic E-state index is 0.205. The number of hydrogen-bond acceptors (Lipinski definition) is 1. The fourth-order valence-corrected chi connectivity index (χ4v) is 1.43. The molecule has 2 atom stereocenters. The summed E-state index contributed by atoms with van der Waals surface area (Å²) in [6.45, 7) is 2.31. The largest absolute Gasteiger partial charge is 0.289 e. The summed E-state index contributed by atoms with van der Waals surface area (Å²) in [5.41, 5.74) is 0.703. The SMILES string of the molecule is C#CCN(C)[C@H](C)[C@@H]([18F])c1ccccc1. The van der Waals surface area contributed by atoms with E-state index in [-0.39, 0.29) is 6.04 Å². The fraction of sp³-hybridized carbons (Fsp3) is 0.385. The Morgan fingerprint density at radius 3 is 2.53 bits per heavy atom. The molecule has 0 aliphatic heterocycles. The van der Waals surface area contributed by atoms with E-state index in [1.807, 2.05) is 37.1 Å². The van der Waals surface area contributed by atoms with Crippen LogP contribution in [0.25, 0.3) is 0 Å². The van der Waals surface area contributed by atoms with Crippen LogP contribution in [0, 0.1) is 12.3 Å². The van der Waals surface area contributed by atoms with E-state index in [4.69, 9.17) is 6.42 Å². The van der Waals surface area contributed by atoms with Crippen LogP contribution in [0.1, 0.15) is 18.7 Å². The van der Waals surface area contributed by atoms with Gasteiger partial charge in [0, 0.05) is 6.04 Å². The zero-order valence-corrected chi connectivity index (χ0v) is 9.15. The quantitative estimate of drug-likeness (QED) is 0.681. The number of halogens is 1. The van der Waals surface area contributed by atoms with Gasteiger partial charge in [-0.1, -0.05) is 36.3 Å². The highest BCUT2D eigenvalue weighted by atomic mass is 18.2. The summed E-state index contributed by atoms with van der Waals surface area (Å²) in [6, 6.07) is 8.96. The Hall–Kier alpha value is -1.33. The maximum Gasteiger partial charge on any atom is 0.140 e. The van der Waals surface area contributed by atoms with Crippen LogP contribution in [0.2, 0.25) is 0 Å². The number of rotatable bonds is 4. The van der Waals surface area contributed by atoms with Crippen molar-refractivity contribution in [2.75, 3.05) is 13.6 Å². The lowest BCUT2D eigenvalue weighted by Gasteiger charge is -2.25. The molecule has 1 aromatic rings. The van der Waals surface area contributed by atoms with E-state index in [9.17, 15) is 4.39 Å². The van der Waals surface area contributed by atoms with Gasteiger partial charge in [-0.05, 0) is 19.5 Å². The predicted molar refractivity (Wildman–Crippen MR) is 61.2 cm³/mol. The number of alkyl halides is 1. The van der Waals surface area contributed by atoms with Crippen molar-refractivity contribution < 1.29 is 4.39 Å². The molecule has 15 heavy (non-hydrogen) atoms. The van der Waals surface area contributed by atoms with Crippen molar-refractivity contribution in [3.63, 3.8) is 0 Å². The number of terminal acetylenes is 1. The second-order valence-electron chi connectivity index (χ2n) is 3.67. The molecule has 0 aromatic heterocycles. The zero-order chi connectivity index (χ0) is 11.3. The highest BCUT2D eigenvalue weighted by Gasteiger charge is 2.21. The molecule has 2 heteroatoms. The van der Waals surface area contributed by atoms with E-state index in [0.29, 0.717) is 12.1 Å². The Morgan fingerprint density at radius 1 is 1.40 bits per heavy atom. The monoisotopic (exact) mass is 204 g/mol. The first-order chi connectivity index (χ1) is 7.16. The second-order valence-corrected chi connectivity index (χ2v) is 3.67. The van der Waals surface area contributed by atoms with Crippen LogP contribution in [0.5, 0.6) is 0 Å². The average molecular weight is 204 g/mol. The zero-order valence-electron chi connectivity index (χ0n) is 9.15. The van der Waals surface area contributed by atoms with E-state index < -0.39 is 6.17 Å². The van der Waals surface area contributed by atoms with Gasteiger partial charge in [0.2, 0.25) is 0 Å². The molecule has 0 spiro atoms. The molecule has 0 aliphatic rings. The van der Waals surface area contributed by atoms with Gasteiger partial charge in [-0.2, -0.15) is 0 Å². The van der Waals surface area contributed by atoms with Gasteiger partial charge < -0.3 is 0 Å². The summed E-state index contributed by atoms with van der Waals surface area (Å²) in [7, 11) is 1.83. The number of benzene rings is 1. The highest BCUT2D eigenvalue weighted by molar-refractivity contribution is 5.18. The van der Waals surface area contributed by atoms with Crippen molar-refractivity contribution in [2.45, 2.75) is 19.1 Å². The van der Waals surface area contributed by atoms with Crippen LogP contribution >= 0.6 is 0 Å². The van der Waals surface area contributed by atoms with Gasteiger partial charge >= 0.3 is 0 Å². The smallest absolute Gasteiger partial charge is 0.140 e. The highest BCUT2D eigenvalue weighted by Crippen LogP contribution is 2.23. The Morgan fingerprint density at radius 2 is 2.00 bits per heavy atom. The van der Waals surface area contributed by atoms with Crippen LogP contribution < -0.4 is 0 Å². The van der Waals surface area contributed by atoms with Gasteiger partial charge in [-0.15, -0.1) is 6.42 Å². The minimum atomic E-state index is -0.996. The number of nitrogens with zero attached hydrogens (tertiary/aromatic N) is 1. The maximum atomic E-state index is 14.0. The topological polar surface area (TPSA) is 3.24 Å². The second kappa shape index (κ2) is 5.53. The molecule has 1 nitrogen and oxygen atoms in total. The van der Waals surface area contributed by atoms with Crippen molar-refractivity contribution in [2.24, 2.45) is 0 Å². The molecule has 0 N–H and O–H groups in total. The summed E-state index contributed by atoms with van der Waals surface area (Å²) in [5, 5.41) is 0. The number of hydrogen-bond donors (Lipinski definition) is 0. The Bertz CT molecular complexity index is 328. The molecule has 0 heterocycles. The third-order valence-corrected chi connectivity index (χ3v) is 2.58. The minimum Gasteiger partial charge on any atom is -0.289 e. The Labute approximate surface area is 90.9 Å². The van der Waals surface area contributed by atoms with Gasteiger partial charge in [-0.25, -0.2) is 4.39 Å². The molecule has 0 amide bonds. The van der Waals surface area contributed by atoms with E-state index in [0.717, 1.165) is 0 Å². The third-order valence-electron chi connectivity index (χ3n) is 2.58. The summed E-state index contributed by atoms with van der Waals surface area (Å²) in [6.07, 6.45) is 4.20. The lowest BCUT2D eigenvalue weighted by molar-refractivity contribution is 0.162. The van der Waals surface area contributed by atoms with E-state index in [2.05, 4.69) is 5.92 Å². The van der Waals surface area contributed by atoms with Crippen LogP contribution in [-0.2, 0) is 0 Å². The summed E-state index contributed by atoms with van der Waals surface area (Å²) < 4.78 is 14.0. The summed E-state index contributed by atoms with van der Waals surface area (Å²) in [4.78, 5) is 1.83. The van der Waals surface area contributed by atoms with E-state index >= 15 is 0 Å². The lowest BCUT2D eigenvalue weighted by Crippen LogP contribution is -2.33. The molecule has 0 radical (unpaired) electrons. The van der Waals surface area contributed by atoms with Crippen molar-refractivity contribution in [1.29, 1.82) is 0 Å². The first-order valence-electron chi connectivity index (χ1n) is 4.99. The average Bonchev–Trinajstić information content (AvgIpc) is 2.28. The molecule has 0 saturated carbocycles. The van der Waals surface area contributed by atoms with Crippen LogP contribution in [0.15, 0.2) is 30.3 Å². The van der Waals surface area contributed by atoms with Gasteiger partial charge in [0.25, 0.3) is 0 Å². The summed E-state index contributed by atoms with van der Waals surface area (Å²) >= 11 is 0. The molecule has 80 valence electrons. The molecular formula is C13H16FN. The Balaban J connectivity index is 2.69. The molecular weight excluding hydrogens is 188 g/mol. The van der Waals surface area contributed by atoms with Crippen molar-refractivity contribution in [3.05, 3.63) is 35.9 Å². The van der Waals surface area contributed by atoms with Gasteiger partial charge in [0.1, 0.15) is 6.17 Å². The summed E-state index contributed by atoms with van der Waals surface area (Å²) in [5.74, 6) is 2.51. The molecule has 1 rings (SSSR count). The third kappa shape index (κ3) is 3.07. The van der Waals surface area contributed by atoms with Crippen LogP contribution in [0.4, 0.5) is 4.39 Å². The van der Waals surface area contributed by atoms with E-state index in [1.165, 1.54) is 0 Å². The molecule has 0 bridgehead atoms. The van der Waals surface area contributed by atoms with E-state index in [1.54, 1.807) is 12.1 Å². The molecule has 0 saturated heterocycles. The lowest BCUT2D eigenvalue weighted by atomic mass is 10.0.